The van der Waals surface area contributed by atoms with Crippen LogP contribution in [0.1, 0.15) is 29.7 Å². The van der Waals surface area contributed by atoms with E-state index in [1.54, 1.807) is 0 Å². The second-order valence-corrected chi connectivity index (χ2v) is 6.49. The molecule has 0 radical (unpaired) electrons. The van der Waals surface area contributed by atoms with E-state index in [1.165, 1.54) is 11.1 Å². The van der Waals surface area contributed by atoms with Crippen LogP contribution in [-0.4, -0.2) is 34.0 Å². The molecule has 1 aromatic carbocycles. The van der Waals surface area contributed by atoms with E-state index in [2.05, 4.69) is 45.3 Å². The summed E-state index contributed by atoms with van der Waals surface area (Å²) in [5.74, 6) is 0.227. The lowest BCUT2D eigenvalue weighted by Gasteiger charge is -2.33. The molecule has 0 spiro atoms. The van der Waals surface area contributed by atoms with Crippen molar-refractivity contribution in [3.63, 3.8) is 0 Å². The molecule has 2 aromatic rings. The van der Waals surface area contributed by atoms with Crippen molar-refractivity contribution in [2.24, 2.45) is 0 Å². The van der Waals surface area contributed by atoms with Gasteiger partial charge in [-0.3, -0.25) is 4.90 Å². The summed E-state index contributed by atoms with van der Waals surface area (Å²) < 4.78 is 38.3. The number of piperidine rings is 1. The molecular formula is C18H21F3N4. The zero-order valence-corrected chi connectivity index (χ0v) is 14.1. The summed E-state index contributed by atoms with van der Waals surface area (Å²) in [7, 11) is 0. The maximum atomic E-state index is 12.8. The van der Waals surface area contributed by atoms with Gasteiger partial charge in [0.2, 0.25) is 0 Å². The Kier molecular flexibility index (Phi) is 5.22. The number of hydrogen-bond donors (Lipinski definition) is 1. The molecule has 1 N–H and O–H groups in total. The number of aromatic nitrogens is 2. The highest BCUT2D eigenvalue weighted by molar-refractivity contribution is 5.37. The average molecular weight is 350 g/mol. The number of hydrogen-bond acceptors (Lipinski definition) is 4. The second-order valence-electron chi connectivity index (χ2n) is 6.49. The van der Waals surface area contributed by atoms with Gasteiger partial charge in [-0.15, -0.1) is 0 Å². The van der Waals surface area contributed by atoms with Crippen LogP contribution in [0.2, 0.25) is 0 Å². The van der Waals surface area contributed by atoms with Gasteiger partial charge in [0.15, 0.2) is 0 Å². The summed E-state index contributed by atoms with van der Waals surface area (Å²) in [5.41, 5.74) is 1.56. The molecule has 25 heavy (non-hydrogen) atoms. The Morgan fingerprint density at radius 1 is 1.24 bits per heavy atom. The zero-order chi connectivity index (χ0) is 17.9. The smallest absolute Gasteiger partial charge is 0.366 e. The van der Waals surface area contributed by atoms with E-state index in [0.29, 0.717) is 0 Å². The highest BCUT2D eigenvalue weighted by Crippen LogP contribution is 2.28. The standard InChI is InChI=1S/C18H21F3N4/c1-13-4-2-5-14(8-13)10-25-7-3-6-15(11-25)24-17-9-16(18(19,20)21)22-12-23-17/h2,4-5,8-9,12,15H,3,6-7,10-11H2,1H3,(H,22,23,24). The Hall–Kier alpha value is -2.15. The fourth-order valence-corrected chi connectivity index (χ4v) is 3.19. The number of halogens is 3. The first-order valence-electron chi connectivity index (χ1n) is 8.34. The maximum absolute atomic E-state index is 12.8. The quantitative estimate of drug-likeness (QED) is 0.909. The summed E-state index contributed by atoms with van der Waals surface area (Å²) in [6, 6.07) is 9.43. The van der Waals surface area contributed by atoms with Crippen molar-refractivity contribution in [2.75, 3.05) is 18.4 Å². The van der Waals surface area contributed by atoms with Crippen molar-refractivity contribution in [3.8, 4) is 0 Å². The fraction of sp³-hybridized carbons (Fsp3) is 0.444. The molecule has 1 fully saturated rings. The molecule has 0 amide bonds. The molecule has 0 bridgehead atoms. The van der Waals surface area contributed by atoms with Gasteiger partial charge < -0.3 is 5.32 Å². The van der Waals surface area contributed by atoms with Gasteiger partial charge in [0, 0.05) is 25.2 Å². The van der Waals surface area contributed by atoms with Crippen molar-refractivity contribution in [1.29, 1.82) is 0 Å². The van der Waals surface area contributed by atoms with Crippen LogP contribution in [0.3, 0.4) is 0 Å². The molecule has 4 nitrogen and oxygen atoms in total. The lowest BCUT2D eigenvalue weighted by atomic mass is 10.0. The molecule has 1 atom stereocenters. The van der Waals surface area contributed by atoms with Crippen LogP contribution in [-0.2, 0) is 12.7 Å². The average Bonchev–Trinajstić information content (AvgIpc) is 2.55. The Morgan fingerprint density at radius 2 is 2.08 bits per heavy atom. The number of rotatable bonds is 4. The summed E-state index contributed by atoms with van der Waals surface area (Å²) in [4.78, 5) is 9.54. The molecule has 134 valence electrons. The minimum Gasteiger partial charge on any atom is -0.366 e. The third kappa shape index (κ3) is 4.92. The molecular weight excluding hydrogens is 329 g/mol. The van der Waals surface area contributed by atoms with Crippen LogP contribution in [0, 0.1) is 6.92 Å². The van der Waals surface area contributed by atoms with Crippen LogP contribution in [0.15, 0.2) is 36.7 Å². The zero-order valence-electron chi connectivity index (χ0n) is 14.1. The van der Waals surface area contributed by atoms with Crippen molar-refractivity contribution in [3.05, 3.63) is 53.5 Å². The number of aryl methyl sites for hydroxylation is 1. The molecule has 1 aliphatic heterocycles. The monoisotopic (exact) mass is 350 g/mol. The Morgan fingerprint density at radius 3 is 2.84 bits per heavy atom. The van der Waals surface area contributed by atoms with E-state index < -0.39 is 11.9 Å². The molecule has 0 aliphatic carbocycles. The third-order valence-corrected chi connectivity index (χ3v) is 4.30. The number of nitrogens with zero attached hydrogens (tertiary/aromatic N) is 3. The third-order valence-electron chi connectivity index (χ3n) is 4.30. The van der Waals surface area contributed by atoms with Crippen LogP contribution in [0.4, 0.5) is 19.0 Å². The van der Waals surface area contributed by atoms with Gasteiger partial charge in [0.1, 0.15) is 17.8 Å². The number of anilines is 1. The van der Waals surface area contributed by atoms with E-state index in [-0.39, 0.29) is 11.9 Å². The van der Waals surface area contributed by atoms with E-state index >= 15 is 0 Å². The molecule has 0 saturated carbocycles. The molecule has 1 saturated heterocycles. The maximum Gasteiger partial charge on any atom is 0.433 e. The van der Waals surface area contributed by atoms with Crippen LogP contribution in [0.25, 0.3) is 0 Å². The van der Waals surface area contributed by atoms with E-state index in [1.807, 2.05) is 6.07 Å². The minimum absolute atomic E-state index is 0.0783. The molecule has 7 heteroatoms. The molecule has 3 rings (SSSR count). The molecule has 1 aromatic heterocycles. The number of alkyl halides is 3. The first kappa shape index (κ1) is 17.7. The van der Waals surface area contributed by atoms with Gasteiger partial charge in [0.05, 0.1) is 0 Å². The van der Waals surface area contributed by atoms with E-state index in [0.717, 1.165) is 44.9 Å². The predicted octanol–water partition coefficient (Wildman–Crippen LogP) is 3.88. The first-order valence-corrected chi connectivity index (χ1v) is 8.34. The summed E-state index contributed by atoms with van der Waals surface area (Å²) in [5, 5.41) is 3.13. The lowest BCUT2D eigenvalue weighted by molar-refractivity contribution is -0.141. The second kappa shape index (κ2) is 7.39. The Bertz CT molecular complexity index is 717. The summed E-state index contributed by atoms with van der Waals surface area (Å²) in [6.07, 6.45) is -1.59. The summed E-state index contributed by atoms with van der Waals surface area (Å²) >= 11 is 0. The van der Waals surface area contributed by atoms with Gasteiger partial charge in [-0.1, -0.05) is 29.8 Å². The Balaban J connectivity index is 1.62. The molecule has 1 unspecified atom stereocenters. The normalized spacial score (nSPS) is 19.0. The number of benzene rings is 1. The highest BCUT2D eigenvalue weighted by atomic mass is 19.4. The molecule has 2 heterocycles. The summed E-state index contributed by atoms with van der Waals surface area (Å²) in [6.45, 7) is 4.68. The van der Waals surface area contributed by atoms with Gasteiger partial charge in [-0.25, -0.2) is 9.97 Å². The van der Waals surface area contributed by atoms with Crippen molar-refractivity contribution < 1.29 is 13.2 Å². The fourth-order valence-electron chi connectivity index (χ4n) is 3.19. The van der Waals surface area contributed by atoms with Gasteiger partial charge >= 0.3 is 6.18 Å². The van der Waals surface area contributed by atoms with Gasteiger partial charge in [0.25, 0.3) is 0 Å². The topological polar surface area (TPSA) is 41.0 Å². The van der Waals surface area contributed by atoms with Crippen LogP contribution < -0.4 is 5.32 Å². The van der Waals surface area contributed by atoms with Gasteiger partial charge in [-0.2, -0.15) is 13.2 Å². The minimum atomic E-state index is -4.46. The largest absolute Gasteiger partial charge is 0.433 e. The van der Waals surface area contributed by atoms with Gasteiger partial charge in [-0.05, 0) is 31.9 Å². The van der Waals surface area contributed by atoms with Crippen LogP contribution >= 0.6 is 0 Å². The highest BCUT2D eigenvalue weighted by Gasteiger charge is 2.33. The van der Waals surface area contributed by atoms with Crippen molar-refractivity contribution in [1.82, 2.24) is 14.9 Å². The number of nitrogens with one attached hydrogen (secondary N) is 1. The SMILES string of the molecule is Cc1cccc(CN2CCCC(Nc3cc(C(F)(F)F)ncn3)C2)c1. The van der Waals surface area contributed by atoms with Crippen LogP contribution in [0.5, 0.6) is 0 Å². The van der Waals surface area contributed by atoms with E-state index in [4.69, 9.17) is 0 Å². The van der Waals surface area contributed by atoms with Crippen molar-refractivity contribution >= 4 is 5.82 Å². The van der Waals surface area contributed by atoms with E-state index in [9.17, 15) is 13.2 Å². The predicted molar refractivity (Wildman–Crippen MR) is 90.1 cm³/mol. The Labute approximate surface area is 145 Å². The first-order chi connectivity index (χ1) is 11.9. The number of likely N-dealkylation sites (tertiary alicyclic amines) is 1. The lowest BCUT2D eigenvalue weighted by Crippen LogP contribution is -2.41. The van der Waals surface area contributed by atoms with Crippen molar-refractivity contribution in [2.45, 2.75) is 38.5 Å². The molecule has 1 aliphatic rings.